The lowest BCUT2D eigenvalue weighted by molar-refractivity contribution is -0.136. The van der Waals surface area contributed by atoms with Gasteiger partial charge < -0.3 is 19.5 Å². The van der Waals surface area contributed by atoms with Crippen LogP contribution >= 0.6 is 11.8 Å². The molecule has 3 amide bonds. The van der Waals surface area contributed by atoms with Crippen LogP contribution in [0.1, 0.15) is 34.8 Å². The maximum absolute atomic E-state index is 15.3. The van der Waals surface area contributed by atoms with Crippen LogP contribution in [0.15, 0.2) is 58.4 Å². The number of piperazine rings is 1. The number of amides is 3. The molecule has 0 unspecified atom stereocenters. The zero-order valence-electron chi connectivity index (χ0n) is 21.8. The number of thioether (sulfide) groups is 1. The van der Waals surface area contributed by atoms with E-state index in [0.717, 1.165) is 41.1 Å². The molecule has 2 aliphatic heterocycles. The second-order valence-electron chi connectivity index (χ2n) is 10.2. The molecule has 0 atom stereocenters. The predicted octanol–water partition coefficient (Wildman–Crippen LogP) is 3.56. The van der Waals surface area contributed by atoms with E-state index in [1.165, 1.54) is 6.20 Å². The number of hydrogen-bond acceptors (Lipinski definition) is 7. The van der Waals surface area contributed by atoms with Crippen molar-refractivity contribution in [3.63, 3.8) is 0 Å². The SMILES string of the molecule is O=C(O)c1cn(C2CC2)c2cc(N3CCN(C(=O)CN4C(=O)S/C(=C\c5ccccc5)C4=O)CC3)c(F)cc2c1=O. The van der Waals surface area contributed by atoms with Crippen molar-refractivity contribution < 1.29 is 28.7 Å². The Morgan fingerprint density at radius 2 is 1.73 bits per heavy atom. The highest BCUT2D eigenvalue weighted by molar-refractivity contribution is 8.18. The second kappa shape index (κ2) is 10.5. The number of carboxylic acid groups (broad SMARTS) is 1. The minimum Gasteiger partial charge on any atom is -0.477 e. The van der Waals surface area contributed by atoms with Crippen LogP contribution < -0.4 is 10.3 Å². The van der Waals surface area contributed by atoms with E-state index in [4.69, 9.17) is 0 Å². The molecule has 2 saturated heterocycles. The third kappa shape index (κ3) is 5.10. The summed E-state index contributed by atoms with van der Waals surface area (Å²) in [7, 11) is 0. The maximum Gasteiger partial charge on any atom is 0.341 e. The molecule has 1 saturated carbocycles. The number of carboxylic acids is 1. The topological polar surface area (TPSA) is 120 Å². The third-order valence-electron chi connectivity index (χ3n) is 7.51. The summed E-state index contributed by atoms with van der Waals surface area (Å²) < 4.78 is 17.0. The van der Waals surface area contributed by atoms with Gasteiger partial charge >= 0.3 is 5.97 Å². The molecule has 10 nitrogen and oxygen atoms in total. The predicted molar refractivity (Wildman–Crippen MR) is 151 cm³/mol. The quantitative estimate of drug-likeness (QED) is 0.443. The Kier molecular flexibility index (Phi) is 6.86. The van der Waals surface area contributed by atoms with Crippen LogP contribution in [0.25, 0.3) is 17.0 Å². The van der Waals surface area contributed by atoms with Gasteiger partial charge in [-0.05, 0) is 48.4 Å². The van der Waals surface area contributed by atoms with Gasteiger partial charge in [0.1, 0.15) is 17.9 Å². The number of aromatic nitrogens is 1. The van der Waals surface area contributed by atoms with Gasteiger partial charge in [0, 0.05) is 43.8 Å². The number of fused-ring (bicyclic) bond motifs is 1. The van der Waals surface area contributed by atoms with E-state index in [2.05, 4.69) is 0 Å². The average molecular weight is 577 g/mol. The van der Waals surface area contributed by atoms with E-state index >= 15 is 4.39 Å². The van der Waals surface area contributed by atoms with Crippen molar-refractivity contribution in [3.05, 3.63) is 80.7 Å². The standard InChI is InChI=1S/C29H25FN4O6S/c30-21-13-19-22(33(18-6-7-18)15-20(26(19)36)28(38)39)14-23(21)31-8-10-32(11-9-31)25(35)16-34-27(37)24(41-29(34)40)12-17-4-2-1-3-5-17/h1-5,12-15,18H,6-11,16H2,(H,38,39)/b24-12-. The number of anilines is 1. The van der Waals surface area contributed by atoms with Gasteiger partial charge in [0.15, 0.2) is 0 Å². The van der Waals surface area contributed by atoms with E-state index in [1.54, 1.807) is 26.5 Å². The zero-order valence-corrected chi connectivity index (χ0v) is 22.6. The summed E-state index contributed by atoms with van der Waals surface area (Å²) in [5.74, 6) is -2.89. The van der Waals surface area contributed by atoms with Crippen molar-refractivity contribution in [2.75, 3.05) is 37.6 Å². The van der Waals surface area contributed by atoms with Gasteiger partial charge in [0.25, 0.3) is 11.1 Å². The van der Waals surface area contributed by atoms with Gasteiger partial charge in [-0.3, -0.25) is 24.1 Å². The van der Waals surface area contributed by atoms with Crippen LogP contribution in [0.4, 0.5) is 14.9 Å². The van der Waals surface area contributed by atoms with Crippen molar-refractivity contribution in [2.24, 2.45) is 0 Å². The minimum absolute atomic E-state index is 0.0189. The first-order valence-corrected chi connectivity index (χ1v) is 14.0. The van der Waals surface area contributed by atoms with Crippen LogP contribution in [0, 0.1) is 5.82 Å². The van der Waals surface area contributed by atoms with Gasteiger partial charge in [-0.15, -0.1) is 0 Å². The van der Waals surface area contributed by atoms with Crippen molar-refractivity contribution >= 4 is 57.5 Å². The van der Waals surface area contributed by atoms with Crippen LogP contribution in [0.2, 0.25) is 0 Å². The van der Waals surface area contributed by atoms with Crippen molar-refractivity contribution in [1.29, 1.82) is 0 Å². The Morgan fingerprint density at radius 3 is 2.39 bits per heavy atom. The molecular formula is C29H25FN4O6S. The molecular weight excluding hydrogens is 551 g/mol. The fourth-order valence-electron chi connectivity index (χ4n) is 5.18. The Hall–Kier alpha value is -4.45. The summed E-state index contributed by atoms with van der Waals surface area (Å²) in [6, 6.07) is 11.9. The fraction of sp³-hybridized carbons (Fsp3) is 0.276. The molecule has 0 bridgehead atoms. The monoisotopic (exact) mass is 576 g/mol. The zero-order chi connectivity index (χ0) is 28.8. The molecule has 3 heterocycles. The van der Waals surface area contributed by atoms with Crippen LogP contribution in [0.3, 0.4) is 0 Å². The van der Waals surface area contributed by atoms with E-state index in [1.807, 2.05) is 30.3 Å². The Morgan fingerprint density at radius 1 is 1.02 bits per heavy atom. The molecule has 1 aliphatic carbocycles. The highest BCUT2D eigenvalue weighted by Crippen LogP contribution is 2.38. The average Bonchev–Trinajstić information content (AvgIpc) is 3.77. The van der Waals surface area contributed by atoms with Crippen molar-refractivity contribution in [1.82, 2.24) is 14.4 Å². The number of pyridine rings is 1. The lowest BCUT2D eigenvalue weighted by atomic mass is 10.1. The number of rotatable bonds is 6. The van der Waals surface area contributed by atoms with Gasteiger partial charge in [0.05, 0.1) is 16.1 Å². The first kappa shape index (κ1) is 26.8. The molecule has 0 spiro atoms. The molecule has 12 heteroatoms. The number of aromatic carboxylic acids is 1. The number of halogens is 1. The first-order valence-electron chi connectivity index (χ1n) is 13.2. The molecule has 0 radical (unpaired) electrons. The maximum atomic E-state index is 15.3. The van der Waals surface area contributed by atoms with Gasteiger partial charge in [-0.2, -0.15) is 0 Å². The third-order valence-corrected chi connectivity index (χ3v) is 8.42. The van der Waals surface area contributed by atoms with E-state index < -0.39 is 28.4 Å². The Balaban J connectivity index is 1.15. The molecule has 3 fully saturated rings. The summed E-state index contributed by atoms with van der Waals surface area (Å²) in [4.78, 5) is 67.2. The van der Waals surface area contributed by atoms with Gasteiger partial charge in [-0.25, -0.2) is 9.18 Å². The number of imide groups is 1. The number of hydrogen-bond donors (Lipinski definition) is 1. The first-order chi connectivity index (χ1) is 19.7. The van der Waals surface area contributed by atoms with Crippen LogP contribution in [0.5, 0.6) is 0 Å². The number of nitrogens with zero attached hydrogens (tertiary/aromatic N) is 4. The summed E-state index contributed by atoms with van der Waals surface area (Å²) in [6.45, 7) is 0.718. The van der Waals surface area contributed by atoms with Crippen LogP contribution in [-0.2, 0) is 9.59 Å². The largest absolute Gasteiger partial charge is 0.477 e. The molecule has 3 aromatic rings. The molecule has 3 aliphatic rings. The fourth-order valence-corrected chi connectivity index (χ4v) is 6.02. The molecule has 6 rings (SSSR count). The molecule has 2 aromatic carbocycles. The summed E-state index contributed by atoms with van der Waals surface area (Å²) in [5, 5.41) is 8.96. The number of benzene rings is 2. The number of carbonyl (C=O) groups is 4. The molecule has 41 heavy (non-hydrogen) atoms. The summed E-state index contributed by atoms with van der Waals surface area (Å²) >= 11 is 0.797. The molecule has 1 N–H and O–H groups in total. The van der Waals surface area contributed by atoms with Crippen LogP contribution in [-0.4, -0.2) is 75.2 Å². The van der Waals surface area contributed by atoms with E-state index in [-0.39, 0.29) is 53.1 Å². The smallest absolute Gasteiger partial charge is 0.341 e. The lowest BCUT2D eigenvalue weighted by Crippen LogP contribution is -2.52. The summed E-state index contributed by atoms with van der Waals surface area (Å²) in [5.41, 5.74) is 0.396. The van der Waals surface area contributed by atoms with Crippen molar-refractivity contribution in [3.8, 4) is 0 Å². The van der Waals surface area contributed by atoms with Crippen molar-refractivity contribution in [2.45, 2.75) is 18.9 Å². The van der Waals surface area contributed by atoms with Gasteiger partial charge in [0.2, 0.25) is 11.3 Å². The van der Waals surface area contributed by atoms with Gasteiger partial charge in [-0.1, -0.05) is 30.3 Å². The second-order valence-corrected chi connectivity index (χ2v) is 11.2. The highest BCUT2D eigenvalue weighted by Gasteiger charge is 2.37. The van der Waals surface area contributed by atoms with E-state index in [0.29, 0.717) is 18.6 Å². The lowest BCUT2D eigenvalue weighted by Gasteiger charge is -2.36. The molecule has 210 valence electrons. The Labute approximate surface area is 237 Å². The normalized spacial score (nSPS) is 18.6. The minimum atomic E-state index is -1.35. The number of carbonyl (C=O) groups excluding carboxylic acids is 3. The molecule has 1 aromatic heterocycles. The summed E-state index contributed by atoms with van der Waals surface area (Å²) in [6.07, 6.45) is 4.64. The Bertz CT molecular complexity index is 1690. The highest BCUT2D eigenvalue weighted by atomic mass is 32.2. The van der Waals surface area contributed by atoms with E-state index in [9.17, 15) is 29.1 Å².